The summed E-state index contributed by atoms with van der Waals surface area (Å²) in [7, 11) is 0. The van der Waals surface area contributed by atoms with Gasteiger partial charge in [-0.3, -0.25) is 14.5 Å². The van der Waals surface area contributed by atoms with E-state index in [9.17, 15) is 9.18 Å². The molecule has 0 atom stereocenters. The van der Waals surface area contributed by atoms with E-state index in [1.165, 1.54) is 44.2 Å². The fraction of sp³-hybridized carbons (Fsp3) is 0.560. The second kappa shape index (κ2) is 9.84. The Kier molecular flexibility index (Phi) is 6.92. The van der Waals surface area contributed by atoms with Crippen molar-refractivity contribution in [2.45, 2.75) is 78.3 Å². The molecule has 32 heavy (non-hydrogen) atoms. The molecule has 172 valence electrons. The molecule has 7 heteroatoms. The van der Waals surface area contributed by atoms with Gasteiger partial charge in [-0.05, 0) is 56.7 Å². The van der Waals surface area contributed by atoms with Crippen molar-refractivity contribution in [3.63, 3.8) is 0 Å². The number of hydrogen-bond acceptors (Lipinski definition) is 4. The summed E-state index contributed by atoms with van der Waals surface area (Å²) in [6.45, 7) is 7.57. The van der Waals surface area contributed by atoms with Gasteiger partial charge in [0.05, 0.1) is 5.69 Å². The maximum Gasteiger partial charge on any atom is 0.278 e. The lowest BCUT2D eigenvalue weighted by Crippen LogP contribution is -2.33. The van der Waals surface area contributed by atoms with Gasteiger partial charge in [0.25, 0.3) is 5.56 Å². The van der Waals surface area contributed by atoms with Crippen LogP contribution in [-0.2, 0) is 13.0 Å². The minimum atomic E-state index is -0.245. The van der Waals surface area contributed by atoms with Crippen LogP contribution < -0.4 is 10.5 Å². The van der Waals surface area contributed by atoms with Crippen LogP contribution in [0.3, 0.4) is 0 Å². The molecule has 6 nitrogen and oxygen atoms in total. The monoisotopic (exact) mass is 439 g/mol. The van der Waals surface area contributed by atoms with Crippen molar-refractivity contribution in [2.75, 3.05) is 11.4 Å². The Balaban J connectivity index is 1.76. The molecule has 2 aromatic heterocycles. The molecule has 1 N–H and O–H groups in total. The van der Waals surface area contributed by atoms with Gasteiger partial charge in [-0.2, -0.15) is 5.10 Å². The highest BCUT2D eigenvalue weighted by Gasteiger charge is 2.23. The number of anilines is 1. The van der Waals surface area contributed by atoms with Gasteiger partial charge in [0.1, 0.15) is 11.3 Å². The molecular formula is C25H34FN5O. The van der Waals surface area contributed by atoms with E-state index in [2.05, 4.69) is 16.8 Å². The van der Waals surface area contributed by atoms with E-state index < -0.39 is 0 Å². The maximum absolute atomic E-state index is 13.4. The number of rotatable bonds is 8. The molecule has 1 fully saturated rings. The number of nitrogens with zero attached hydrogens (tertiary/aromatic N) is 4. The van der Waals surface area contributed by atoms with E-state index >= 15 is 0 Å². The van der Waals surface area contributed by atoms with Gasteiger partial charge in [0.2, 0.25) is 5.95 Å². The summed E-state index contributed by atoms with van der Waals surface area (Å²) in [6, 6.07) is 6.66. The van der Waals surface area contributed by atoms with E-state index in [1.807, 2.05) is 13.8 Å². The number of hydrogen-bond donors (Lipinski definition) is 1. The quantitative estimate of drug-likeness (QED) is 0.512. The highest BCUT2D eigenvalue weighted by molar-refractivity contribution is 5.78. The van der Waals surface area contributed by atoms with Gasteiger partial charge in [0.15, 0.2) is 5.52 Å². The largest absolute Gasteiger partial charge is 0.338 e. The number of benzene rings is 1. The molecular weight excluding hydrogens is 405 g/mol. The van der Waals surface area contributed by atoms with Crippen molar-refractivity contribution in [2.24, 2.45) is 5.92 Å². The molecule has 0 spiro atoms. The molecule has 0 radical (unpaired) electrons. The van der Waals surface area contributed by atoms with E-state index in [0.29, 0.717) is 29.4 Å². The third-order valence-electron chi connectivity index (χ3n) is 6.38. The lowest BCUT2D eigenvalue weighted by Gasteiger charge is -2.30. The van der Waals surface area contributed by atoms with Gasteiger partial charge in [0, 0.05) is 19.1 Å². The van der Waals surface area contributed by atoms with Gasteiger partial charge >= 0.3 is 0 Å². The fourth-order valence-corrected chi connectivity index (χ4v) is 4.74. The van der Waals surface area contributed by atoms with Gasteiger partial charge < -0.3 is 4.90 Å². The third kappa shape index (κ3) is 4.87. The summed E-state index contributed by atoms with van der Waals surface area (Å²) < 4.78 is 15.2. The average Bonchev–Trinajstić information content (AvgIpc) is 3.15. The first-order valence-corrected chi connectivity index (χ1v) is 12.0. The summed E-state index contributed by atoms with van der Waals surface area (Å²) >= 11 is 0. The zero-order valence-corrected chi connectivity index (χ0v) is 19.4. The number of aryl methyl sites for hydroxylation is 1. The molecule has 0 bridgehead atoms. The highest BCUT2D eigenvalue weighted by atomic mass is 19.1. The summed E-state index contributed by atoms with van der Waals surface area (Å²) in [5.74, 6) is 0.905. The Hall–Kier alpha value is -2.70. The molecule has 1 aliphatic rings. The van der Waals surface area contributed by atoms with Crippen LogP contribution in [0, 0.1) is 11.7 Å². The summed E-state index contributed by atoms with van der Waals surface area (Å²) in [6.07, 6.45) is 7.91. The minimum Gasteiger partial charge on any atom is -0.338 e. The van der Waals surface area contributed by atoms with E-state index in [4.69, 9.17) is 10.1 Å². The van der Waals surface area contributed by atoms with Crippen molar-refractivity contribution < 1.29 is 4.39 Å². The number of aromatic amines is 1. The highest BCUT2D eigenvalue weighted by Crippen LogP contribution is 2.27. The maximum atomic E-state index is 13.4. The third-order valence-corrected chi connectivity index (χ3v) is 6.38. The number of halogens is 1. The average molecular weight is 440 g/mol. The second-order valence-corrected chi connectivity index (χ2v) is 9.33. The molecule has 2 heterocycles. The van der Waals surface area contributed by atoms with Gasteiger partial charge in [-0.25, -0.2) is 9.37 Å². The van der Waals surface area contributed by atoms with Gasteiger partial charge in [-0.1, -0.05) is 44.7 Å². The van der Waals surface area contributed by atoms with Crippen LogP contribution >= 0.6 is 0 Å². The van der Waals surface area contributed by atoms with Crippen molar-refractivity contribution in [1.29, 1.82) is 0 Å². The Bertz CT molecular complexity index is 1100. The van der Waals surface area contributed by atoms with Crippen LogP contribution in [0.15, 0.2) is 29.1 Å². The first-order chi connectivity index (χ1) is 15.5. The van der Waals surface area contributed by atoms with Crippen LogP contribution in [-0.4, -0.2) is 26.3 Å². The molecule has 1 aromatic carbocycles. The summed E-state index contributed by atoms with van der Waals surface area (Å²) in [5, 5.41) is 4.72. The van der Waals surface area contributed by atoms with Crippen molar-refractivity contribution in [1.82, 2.24) is 19.7 Å². The van der Waals surface area contributed by atoms with Crippen LogP contribution in [0.1, 0.15) is 76.6 Å². The SMILES string of the molecule is CCCc1nn(C(C)C)c2c(=O)[nH]c(N(Cc3ccc(F)cc3)CC3CCCCC3)nc12. The molecule has 1 aliphatic carbocycles. The van der Waals surface area contributed by atoms with E-state index in [-0.39, 0.29) is 17.4 Å². The molecule has 0 saturated heterocycles. The Labute approximate surface area is 188 Å². The molecule has 4 rings (SSSR count). The lowest BCUT2D eigenvalue weighted by molar-refractivity contribution is 0.356. The van der Waals surface area contributed by atoms with Crippen LogP contribution in [0.5, 0.6) is 0 Å². The lowest BCUT2D eigenvalue weighted by atomic mass is 9.89. The smallest absolute Gasteiger partial charge is 0.278 e. The molecule has 1 saturated carbocycles. The number of H-pyrrole nitrogens is 1. The molecule has 0 aliphatic heterocycles. The Morgan fingerprint density at radius 3 is 2.56 bits per heavy atom. The van der Waals surface area contributed by atoms with Gasteiger partial charge in [-0.15, -0.1) is 0 Å². The van der Waals surface area contributed by atoms with Crippen LogP contribution in [0.25, 0.3) is 11.0 Å². The molecule has 0 amide bonds. The van der Waals surface area contributed by atoms with Crippen molar-refractivity contribution in [3.8, 4) is 0 Å². The predicted octanol–water partition coefficient (Wildman–Crippen LogP) is 5.38. The second-order valence-electron chi connectivity index (χ2n) is 9.33. The van der Waals surface area contributed by atoms with Crippen LogP contribution in [0.4, 0.5) is 10.3 Å². The topological polar surface area (TPSA) is 66.8 Å². The first-order valence-electron chi connectivity index (χ1n) is 12.0. The molecule has 0 unspecified atom stereocenters. The number of nitrogens with one attached hydrogen (secondary N) is 1. The number of aromatic nitrogens is 4. The Morgan fingerprint density at radius 2 is 1.91 bits per heavy atom. The predicted molar refractivity (Wildman–Crippen MR) is 127 cm³/mol. The van der Waals surface area contributed by atoms with Crippen molar-refractivity contribution in [3.05, 3.63) is 51.7 Å². The molecule has 3 aromatic rings. The number of fused-ring (bicyclic) bond motifs is 1. The standard InChI is InChI=1S/C25H34FN5O/c1-4-8-21-22-23(31(29-21)17(2)3)24(32)28-25(27-22)30(15-18-9-6-5-7-10-18)16-19-11-13-20(26)14-12-19/h11-14,17-18H,4-10,15-16H2,1-3H3,(H,27,28,32). The zero-order chi connectivity index (χ0) is 22.7. The minimum absolute atomic E-state index is 0.0782. The normalized spacial score (nSPS) is 15.0. The zero-order valence-electron chi connectivity index (χ0n) is 19.4. The van der Waals surface area contributed by atoms with Crippen molar-refractivity contribution >= 4 is 17.0 Å². The summed E-state index contributed by atoms with van der Waals surface area (Å²) in [5.41, 5.74) is 2.97. The Morgan fingerprint density at radius 1 is 1.19 bits per heavy atom. The van der Waals surface area contributed by atoms with E-state index in [0.717, 1.165) is 30.6 Å². The van der Waals surface area contributed by atoms with Crippen LogP contribution in [0.2, 0.25) is 0 Å². The first kappa shape index (κ1) is 22.5. The summed E-state index contributed by atoms with van der Waals surface area (Å²) in [4.78, 5) is 23.4. The van der Waals surface area contributed by atoms with E-state index in [1.54, 1.807) is 16.8 Å². The fourth-order valence-electron chi connectivity index (χ4n) is 4.74.